The maximum absolute atomic E-state index is 10.5. The zero-order chi connectivity index (χ0) is 8.43. The number of carbonyl (C=O) groups is 1. The topological polar surface area (TPSA) is 37.3 Å². The van der Waals surface area contributed by atoms with Gasteiger partial charge in [0.2, 0.25) is 0 Å². The molecule has 0 radical (unpaired) electrons. The zero-order valence-corrected chi connectivity index (χ0v) is 8.46. The van der Waals surface area contributed by atoms with E-state index in [1.165, 1.54) is 0 Å². The van der Waals surface area contributed by atoms with Crippen LogP contribution in [0, 0.1) is 3.57 Å². The van der Waals surface area contributed by atoms with Crippen LogP contribution in [0.1, 0.15) is 10.4 Å². The van der Waals surface area contributed by atoms with Crippen molar-refractivity contribution in [2.24, 2.45) is 0 Å². The first-order valence-electron chi connectivity index (χ1n) is 2.83. The van der Waals surface area contributed by atoms with E-state index in [1.807, 2.05) is 22.6 Å². The van der Waals surface area contributed by atoms with Crippen molar-refractivity contribution in [1.82, 2.24) is 0 Å². The first-order chi connectivity index (χ1) is 5.13. The minimum absolute atomic E-state index is 0.304. The molecule has 2 nitrogen and oxygen atoms in total. The Bertz CT molecular complexity index is 298. The van der Waals surface area contributed by atoms with Gasteiger partial charge in [0.15, 0.2) is 0 Å². The molecule has 0 saturated carbocycles. The molecule has 1 N–H and O–H groups in total. The van der Waals surface area contributed by atoms with Crippen LogP contribution in [0.3, 0.4) is 0 Å². The lowest BCUT2D eigenvalue weighted by Crippen LogP contribution is -1.99. The highest BCUT2D eigenvalue weighted by molar-refractivity contribution is 14.1. The van der Waals surface area contributed by atoms with Gasteiger partial charge in [-0.2, -0.15) is 0 Å². The van der Waals surface area contributed by atoms with Gasteiger partial charge in [-0.05, 0) is 34.7 Å². The summed E-state index contributed by atoms with van der Waals surface area (Å²) in [7, 11) is 0. The number of carboxylic acids is 1. The molecule has 0 atom stereocenters. The Morgan fingerprint density at radius 3 is 2.64 bits per heavy atom. The lowest BCUT2D eigenvalue weighted by Gasteiger charge is -1.99. The number of hydrogen-bond acceptors (Lipinski definition) is 2. The third-order valence-electron chi connectivity index (χ3n) is 1.21. The van der Waals surface area contributed by atoms with Crippen LogP contribution in [0.2, 0.25) is 0 Å². The van der Waals surface area contributed by atoms with Crippen molar-refractivity contribution in [2.75, 3.05) is 0 Å². The van der Waals surface area contributed by atoms with Crippen LogP contribution in [0.4, 0.5) is 0 Å². The third kappa shape index (κ3) is 1.87. The van der Waals surface area contributed by atoms with Gasteiger partial charge in [0, 0.05) is 8.47 Å². The Labute approximate surface area is 83.2 Å². The van der Waals surface area contributed by atoms with Crippen LogP contribution in [-0.2, 0) is 0 Å². The quantitative estimate of drug-likeness (QED) is 0.611. The summed E-state index contributed by atoms with van der Waals surface area (Å²) in [5.74, 6) is -0.912. The predicted octanol–water partition coefficient (Wildman–Crippen LogP) is 2.28. The first kappa shape index (κ1) is 8.86. The zero-order valence-electron chi connectivity index (χ0n) is 5.41. The Hall–Kier alpha value is -0.230. The van der Waals surface area contributed by atoms with Gasteiger partial charge in [-0.1, -0.05) is 6.07 Å². The highest BCUT2D eigenvalue weighted by Crippen LogP contribution is 2.20. The number of aromatic carboxylic acids is 1. The van der Waals surface area contributed by atoms with E-state index in [9.17, 15) is 4.79 Å². The maximum Gasteiger partial charge on any atom is 0.336 e. The van der Waals surface area contributed by atoms with Crippen molar-refractivity contribution >= 4 is 41.2 Å². The fourth-order valence-corrected chi connectivity index (χ4v) is 1.48. The van der Waals surface area contributed by atoms with E-state index in [1.54, 1.807) is 18.2 Å². The van der Waals surface area contributed by atoms with Crippen molar-refractivity contribution < 1.29 is 9.90 Å². The van der Waals surface area contributed by atoms with Crippen molar-refractivity contribution in [3.8, 4) is 0 Å². The Balaban J connectivity index is 3.27. The van der Waals surface area contributed by atoms with Crippen LogP contribution >= 0.6 is 35.2 Å². The number of rotatable bonds is 1. The molecule has 0 amide bonds. The smallest absolute Gasteiger partial charge is 0.336 e. The first-order valence-corrected chi connectivity index (χ1v) is 4.36. The molecule has 0 spiro atoms. The lowest BCUT2D eigenvalue weighted by atomic mass is 10.2. The van der Waals surface area contributed by atoms with E-state index >= 15 is 0 Å². The van der Waals surface area contributed by atoms with Gasteiger partial charge in [-0.15, -0.1) is 12.6 Å². The van der Waals surface area contributed by atoms with Gasteiger partial charge >= 0.3 is 5.97 Å². The van der Waals surface area contributed by atoms with Gasteiger partial charge in [-0.25, -0.2) is 4.79 Å². The summed E-state index contributed by atoms with van der Waals surface area (Å²) in [4.78, 5) is 11.2. The fourth-order valence-electron chi connectivity index (χ4n) is 0.685. The number of halogens is 1. The fraction of sp³-hybridized carbons (Fsp3) is 0. The lowest BCUT2D eigenvalue weighted by molar-refractivity contribution is 0.0695. The highest BCUT2D eigenvalue weighted by atomic mass is 127. The van der Waals surface area contributed by atoms with Crippen molar-refractivity contribution in [3.05, 3.63) is 27.3 Å². The SMILES string of the molecule is O=C(O)c1cccc(S)c1I. The Morgan fingerprint density at radius 1 is 1.55 bits per heavy atom. The van der Waals surface area contributed by atoms with Gasteiger partial charge in [0.25, 0.3) is 0 Å². The summed E-state index contributed by atoms with van der Waals surface area (Å²) in [5, 5.41) is 8.65. The van der Waals surface area contributed by atoms with Crippen LogP contribution in [0.15, 0.2) is 23.1 Å². The van der Waals surface area contributed by atoms with E-state index < -0.39 is 5.97 Å². The van der Waals surface area contributed by atoms with Crippen molar-refractivity contribution in [1.29, 1.82) is 0 Å². The molecule has 0 aromatic heterocycles. The monoisotopic (exact) mass is 280 g/mol. The normalized spacial score (nSPS) is 9.64. The van der Waals surface area contributed by atoms with Crippen LogP contribution in [-0.4, -0.2) is 11.1 Å². The molecule has 0 fully saturated rings. The summed E-state index contributed by atoms with van der Waals surface area (Å²) in [5.41, 5.74) is 0.304. The van der Waals surface area contributed by atoms with E-state index in [-0.39, 0.29) is 0 Å². The number of benzene rings is 1. The summed E-state index contributed by atoms with van der Waals surface area (Å²) >= 11 is 6.05. The second-order valence-electron chi connectivity index (χ2n) is 1.94. The maximum atomic E-state index is 10.5. The second kappa shape index (κ2) is 3.44. The van der Waals surface area contributed by atoms with E-state index in [4.69, 9.17) is 5.11 Å². The highest BCUT2D eigenvalue weighted by Gasteiger charge is 2.08. The van der Waals surface area contributed by atoms with E-state index in [0.717, 1.165) is 0 Å². The molecule has 1 aromatic carbocycles. The molecular weight excluding hydrogens is 275 g/mol. The van der Waals surface area contributed by atoms with E-state index in [2.05, 4.69) is 12.6 Å². The Kier molecular flexibility index (Phi) is 2.78. The molecule has 0 heterocycles. The summed E-state index contributed by atoms with van der Waals surface area (Å²) in [6.07, 6.45) is 0. The number of carboxylic acid groups (broad SMARTS) is 1. The number of thiol groups is 1. The number of hydrogen-bond donors (Lipinski definition) is 2. The summed E-state index contributed by atoms with van der Waals surface area (Å²) in [6.45, 7) is 0. The molecule has 1 aromatic rings. The molecule has 0 unspecified atom stereocenters. The molecule has 0 aliphatic heterocycles. The third-order valence-corrected chi connectivity index (χ3v) is 3.17. The molecule has 4 heteroatoms. The summed E-state index contributed by atoms with van der Waals surface area (Å²) < 4.78 is 0.681. The average Bonchev–Trinajstić information content (AvgIpc) is 1.94. The molecule has 0 aliphatic carbocycles. The van der Waals surface area contributed by atoms with Crippen molar-refractivity contribution in [2.45, 2.75) is 4.90 Å². The molecule has 1 rings (SSSR count). The molecule has 58 valence electrons. The van der Waals surface area contributed by atoms with Crippen LogP contribution in [0.5, 0.6) is 0 Å². The molecule has 11 heavy (non-hydrogen) atoms. The molecule has 0 bridgehead atoms. The summed E-state index contributed by atoms with van der Waals surface area (Å²) in [6, 6.07) is 5.00. The van der Waals surface area contributed by atoms with Crippen LogP contribution in [0.25, 0.3) is 0 Å². The standard InChI is InChI=1S/C7H5IO2S/c8-6-4(7(9)10)2-1-3-5(6)11/h1-3,11H,(H,9,10). The molecule has 0 saturated heterocycles. The molecule has 0 aliphatic rings. The minimum Gasteiger partial charge on any atom is -0.478 e. The van der Waals surface area contributed by atoms with Gasteiger partial charge in [0.05, 0.1) is 5.56 Å². The minimum atomic E-state index is -0.912. The molecular formula is C7H5IO2S. The van der Waals surface area contributed by atoms with Crippen LogP contribution < -0.4 is 0 Å². The Morgan fingerprint density at radius 2 is 2.18 bits per heavy atom. The second-order valence-corrected chi connectivity index (χ2v) is 3.50. The van der Waals surface area contributed by atoms with Gasteiger partial charge < -0.3 is 5.11 Å². The van der Waals surface area contributed by atoms with E-state index in [0.29, 0.717) is 14.0 Å². The van der Waals surface area contributed by atoms with Gasteiger partial charge in [0.1, 0.15) is 0 Å². The average molecular weight is 280 g/mol. The predicted molar refractivity (Wildman–Crippen MR) is 53.4 cm³/mol. The van der Waals surface area contributed by atoms with Gasteiger partial charge in [-0.3, -0.25) is 0 Å². The largest absolute Gasteiger partial charge is 0.478 e. The van der Waals surface area contributed by atoms with Crippen molar-refractivity contribution in [3.63, 3.8) is 0 Å².